The van der Waals surface area contributed by atoms with Gasteiger partial charge in [0.1, 0.15) is 5.75 Å². The van der Waals surface area contributed by atoms with E-state index in [0.717, 1.165) is 15.4 Å². The third kappa shape index (κ3) is 7.63. The zero-order valence-electron chi connectivity index (χ0n) is 18.4. The molecule has 10 heteroatoms. The molecule has 0 saturated heterocycles. The molecule has 9 nitrogen and oxygen atoms in total. The monoisotopic (exact) mass is 463 g/mol. The Morgan fingerprint density at radius 2 is 1.66 bits per heavy atom. The minimum Gasteiger partial charge on any atom is -0.484 e. The van der Waals surface area contributed by atoms with E-state index < -0.39 is 22.5 Å². The zero-order chi connectivity index (χ0) is 23.7. The maximum absolute atomic E-state index is 12.9. The highest BCUT2D eigenvalue weighted by Gasteiger charge is 2.27. The zero-order valence-corrected chi connectivity index (χ0v) is 19.2. The van der Waals surface area contributed by atoms with Crippen LogP contribution in [0.2, 0.25) is 0 Å². The van der Waals surface area contributed by atoms with E-state index in [4.69, 9.17) is 9.94 Å². The Labute approximate surface area is 188 Å². The van der Waals surface area contributed by atoms with Crippen molar-refractivity contribution in [2.45, 2.75) is 32.2 Å². The van der Waals surface area contributed by atoms with Crippen LogP contribution in [0, 0.1) is 12.8 Å². The standard InChI is InChI=1S/C22H29N3O6S/c1-16(2)13-25(14-21(26)24-28)32(29,30)20-10-8-19(9-11-20)31-15-22(27)23-12-18-6-4-17(3)5-7-18/h4-11,16,28H,12-15H2,1-3H3,(H,23,27)(H,24,26). The van der Waals surface area contributed by atoms with Crippen LogP contribution in [-0.4, -0.2) is 49.4 Å². The van der Waals surface area contributed by atoms with Crippen LogP contribution >= 0.6 is 0 Å². The van der Waals surface area contributed by atoms with Gasteiger partial charge in [-0.15, -0.1) is 0 Å². The number of aryl methyl sites for hydroxylation is 1. The number of ether oxygens (including phenoxy) is 1. The van der Waals surface area contributed by atoms with Gasteiger partial charge in [-0.05, 0) is 42.7 Å². The Kier molecular flexibility index (Phi) is 9.18. The van der Waals surface area contributed by atoms with Crippen molar-refractivity contribution >= 4 is 21.8 Å². The van der Waals surface area contributed by atoms with E-state index in [2.05, 4.69) is 5.32 Å². The van der Waals surface area contributed by atoms with Crippen molar-refractivity contribution in [3.05, 3.63) is 59.7 Å². The summed E-state index contributed by atoms with van der Waals surface area (Å²) in [6.45, 7) is 5.40. The van der Waals surface area contributed by atoms with Crippen molar-refractivity contribution in [1.82, 2.24) is 15.1 Å². The molecule has 0 unspecified atom stereocenters. The summed E-state index contributed by atoms with van der Waals surface area (Å²) in [7, 11) is -3.97. The number of hydrogen-bond donors (Lipinski definition) is 3. The van der Waals surface area contributed by atoms with Crippen molar-refractivity contribution in [3.8, 4) is 5.75 Å². The molecular formula is C22H29N3O6S. The lowest BCUT2D eigenvalue weighted by Crippen LogP contribution is -2.41. The molecule has 32 heavy (non-hydrogen) atoms. The molecule has 0 atom stereocenters. The Morgan fingerprint density at radius 1 is 1.03 bits per heavy atom. The first kappa shape index (κ1) is 25.3. The minimum atomic E-state index is -3.97. The largest absolute Gasteiger partial charge is 0.484 e. The fourth-order valence-electron chi connectivity index (χ4n) is 2.81. The Bertz CT molecular complexity index is 1000. The molecule has 0 fully saturated rings. The molecule has 0 spiro atoms. The van der Waals surface area contributed by atoms with E-state index in [9.17, 15) is 18.0 Å². The second kappa shape index (κ2) is 11.6. The first-order chi connectivity index (χ1) is 15.1. The molecular weight excluding hydrogens is 434 g/mol. The lowest BCUT2D eigenvalue weighted by atomic mass is 10.1. The number of sulfonamides is 1. The van der Waals surface area contributed by atoms with Gasteiger partial charge in [-0.2, -0.15) is 4.31 Å². The number of carbonyl (C=O) groups excluding carboxylic acids is 2. The summed E-state index contributed by atoms with van der Waals surface area (Å²) >= 11 is 0. The van der Waals surface area contributed by atoms with E-state index in [1.54, 1.807) is 0 Å². The van der Waals surface area contributed by atoms with Crippen LogP contribution in [0.1, 0.15) is 25.0 Å². The topological polar surface area (TPSA) is 125 Å². The second-order valence-electron chi connectivity index (χ2n) is 7.75. The smallest absolute Gasteiger partial charge is 0.258 e. The predicted octanol–water partition coefficient (Wildman–Crippen LogP) is 1.84. The molecule has 0 saturated carbocycles. The Hall–Kier alpha value is -2.95. The fourth-order valence-corrected chi connectivity index (χ4v) is 4.37. The molecule has 2 amide bonds. The summed E-state index contributed by atoms with van der Waals surface area (Å²) in [5, 5.41) is 11.5. The van der Waals surface area contributed by atoms with Gasteiger partial charge in [0.05, 0.1) is 11.4 Å². The number of nitrogens with zero attached hydrogens (tertiary/aromatic N) is 1. The maximum Gasteiger partial charge on any atom is 0.258 e. The number of rotatable bonds is 11. The van der Waals surface area contributed by atoms with Crippen LogP contribution < -0.4 is 15.5 Å². The van der Waals surface area contributed by atoms with Gasteiger partial charge in [0.2, 0.25) is 10.0 Å². The normalized spacial score (nSPS) is 11.4. The molecule has 174 valence electrons. The summed E-state index contributed by atoms with van der Waals surface area (Å²) in [6, 6.07) is 13.4. The molecule has 0 aliphatic heterocycles. The average Bonchev–Trinajstić information content (AvgIpc) is 2.76. The molecule has 3 N–H and O–H groups in total. The molecule has 2 aromatic rings. The van der Waals surface area contributed by atoms with E-state index in [0.29, 0.717) is 12.3 Å². The number of hydroxylamine groups is 1. The number of carbonyl (C=O) groups is 2. The van der Waals surface area contributed by atoms with Crippen LogP contribution in [0.25, 0.3) is 0 Å². The highest BCUT2D eigenvalue weighted by Crippen LogP contribution is 2.20. The molecule has 2 aromatic carbocycles. The summed E-state index contributed by atoms with van der Waals surface area (Å²) in [4.78, 5) is 23.5. The van der Waals surface area contributed by atoms with E-state index in [1.165, 1.54) is 29.7 Å². The summed E-state index contributed by atoms with van der Waals surface area (Å²) < 4.78 is 32.2. The predicted molar refractivity (Wildman–Crippen MR) is 118 cm³/mol. The maximum atomic E-state index is 12.9. The third-order valence-electron chi connectivity index (χ3n) is 4.46. The van der Waals surface area contributed by atoms with Gasteiger partial charge in [0.25, 0.3) is 11.8 Å². The van der Waals surface area contributed by atoms with Gasteiger partial charge < -0.3 is 10.1 Å². The summed E-state index contributed by atoms with van der Waals surface area (Å²) in [5.74, 6) is -0.832. The molecule has 0 bridgehead atoms. The first-order valence-electron chi connectivity index (χ1n) is 10.1. The van der Waals surface area contributed by atoms with Crippen molar-refractivity contribution in [2.75, 3.05) is 19.7 Å². The SMILES string of the molecule is Cc1ccc(CNC(=O)COc2ccc(S(=O)(=O)N(CC(=O)NO)CC(C)C)cc2)cc1. The van der Waals surface area contributed by atoms with Crippen LogP contribution in [0.4, 0.5) is 0 Å². The summed E-state index contributed by atoms with van der Waals surface area (Å²) in [5.41, 5.74) is 3.56. The highest BCUT2D eigenvalue weighted by molar-refractivity contribution is 7.89. The van der Waals surface area contributed by atoms with Crippen molar-refractivity contribution in [1.29, 1.82) is 0 Å². The minimum absolute atomic E-state index is 0.0277. The molecule has 0 heterocycles. The molecule has 2 rings (SSSR count). The lowest BCUT2D eigenvalue weighted by molar-refractivity contribution is -0.129. The number of hydrogen-bond acceptors (Lipinski definition) is 6. The Morgan fingerprint density at radius 3 is 2.22 bits per heavy atom. The lowest BCUT2D eigenvalue weighted by Gasteiger charge is -2.23. The number of nitrogens with one attached hydrogen (secondary N) is 2. The van der Waals surface area contributed by atoms with Crippen LogP contribution in [0.5, 0.6) is 5.75 Å². The van der Waals surface area contributed by atoms with Gasteiger partial charge in [0.15, 0.2) is 6.61 Å². The average molecular weight is 464 g/mol. The van der Waals surface area contributed by atoms with Gasteiger partial charge in [-0.25, -0.2) is 13.9 Å². The van der Waals surface area contributed by atoms with Crippen LogP contribution in [-0.2, 0) is 26.2 Å². The van der Waals surface area contributed by atoms with Crippen LogP contribution in [0.15, 0.2) is 53.4 Å². The molecule has 0 aliphatic rings. The number of benzene rings is 2. The van der Waals surface area contributed by atoms with Crippen LogP contribution in [0.3, 0.4) is 0 Å². The molecule has 0 aromatic heterocycles. The Balaban J connectivity index is 1.96. The summed E-state index contributed by atoms with van der Waals surface area (Å²) in [6.07, 6.45) is 0. The van der Waals surface area contributed by atoms with Crippen molar-refractivity contribution in [2.24, 2.45) is 5.92 Å². The third-order valence-corrected chi connectivity index (χ3v) is 6.28. The van der Waals surface area contributed by atoms with E-state index in [-0.39, 0.29) is 29.9 Å². The second-order valence-corrected chi connectivity index (χ2v) is 9.69. The highest BCUT2D eigenvalue weighted by atomic mass is 32.2. The molecule has 0 radical (unpaired) electrons. The van der Waals surface area contributed by atoms with Crippen molar-refractivity contribution < 1.29 is 28.0 Å². The number of amides is 2. The molecule has 0 aliphatic carbocycles. The quantitative estimate of drug-likeness (QED) is 0.345. The van der Waals surface area contributed by atoms with Gasteiger partial charge in [0, 0.05) is 13.1 Å². The van der Waals surface area contributed by atoms with Gasteiger partial charge in [-0.1, -0.05) is 43.7 Å². The van der Waals surface area contributed by atoms with E-state index in [1.807, 2.05) is 45.0 Å². The van der Waals surface area contributed by atoms with Gasteiger partial charge in [-0.3, -0.25) is 14.8 Å². The fraction of sp³-hybridized carbons (Fsp3) is 0.364. The first-order valence-corrected chi connectivity index (χ1v) is 11.5. The van der Waals surface area contributed by atoms with E-state index >= 15 is 0 Å². The van der Waals surface area contributed by atoms with Crippen molar-refractivity contribution in [3.63, 3.8) is 0 Å². The van der Waals surface area contributed by atoms with Gasteiger partial charge >= 0.3 is 0 Å².